The molecule has 0 saturated carbocycles. The van der Waals surface area contributed by atoms with Gasteiger partial charge in [-0.25, -0.2) is 18.5 Å². The van der Waals surface area contributed by atoms with Crippen LogP contribution in [-0.2, 0) is 22.0 Å². The average molecular weight is 522 g/mol. The van der Waals surface area contributed by atoms with Gasteiger partial charge in [-0.1, -0.05) is 12.1 Å². The number of primary sulfonamides is 1. The fourth-order valence-corrected chi connectivity index (χ4v) is 2.92. The minimum Gasteiger partial charge on any atom is -0.466 e. The molecule has 0 amide bonds. The van der Waals surface area contributed by atoms with Crippen LogP contribution in [-0.4, -0.2) is 39.1 Å². The van der Waals surface area contributed by atoms with E-state index in [1.807, 2.05) is 6.92 Å². The van der Waals surface area contributed by atoms with Gasteiger partial charge in [0.15, 0.2) is 5.96 Å². The highest BCUT2D eigenvalue weighted by atomic mass is 127. The highest BCUT2D eigenvalue weighted by molar-refractivity contribution is 14.0. The van der Waals surface area contributed by atoms with Crippen LogP contribution in [0, 0.1) is 0 Å². The number of aliphatic imine (C=N–C) groups is 1. The Kier molecular flexibility index (Phi) is 9.40. The first-order valence-electron chi connectivity index (χ1n) is 8.62. The van der Waals surface area contributed by atoms with E-state index in [-0.39, 0.29) is 35.4 Å². The van der Waals surface area contributed by atoms with E-state index in [9.17, 15) is 13.5 Å². The molecular formula is C18H27IN4O4S. The third-order valence-corrected chi connectivity index (χ3v) is 4.83. The molecule has 156 valence electrons. The van der Waals surface area contributed by atoms with Crippen molar-refractivity contribution in [2.24, 2.45) is 10.1 Å². The monoisotopic (exact) mass is 522 g/mol. The molecule has 0 bridgehead atoms. The molecule has 1 heterocycles. The van der Waals surface area contributed by atoms with Gasteiger partial charge >= 0.3 is 0 Å². The third kappa shape index (κ3) is 7.41. The van der Waals surface area contributed by atoms with Crippen LogP contribution in [0.1, 0.15) is 25.2 Å². The number of nitrogens with one attached hydrogen (secondary N) is 2. The topological polar surface area (TPSA) is 130 Å². The summed E-state index contributed by atoms with van der Waals surface area (Å²) in [7, 11) is -3.68. The maximum absolute atomic E-state index is 11.3. The van der Waals surface area contributed by atoms with Crippen molar-refractivity contribution >= 4 is 40.0 Å². The Balaban J connectivity index is 0.00000392. The van der Waals surface area contributed by atoms with Crippen molar-refractivity contribution in [2.45, 2.75) is 30.8 Å². The van der Waals surface area contributed by atoms with Crippen LogP contribution in [0.15, 0.2) is 57.0 Å². The lowest BCUT2D eigenvalue weighted by molar-refractivity contribution is 0.0437. The smallest absolute Gasteiger partial charge is 0.238 e. The maximum atomic E-state index is 11.3. The van der Waals surface area contributed by atoms with Gasteiger partial charge in [0.1, 0.15) is 11.4 Å². The second-order valence-electron chi connectivity index (χ2n) is 6.31. The number of benzene rings is 1. The number of nitrogens with zero attached hydrogens (tertiary/aromatic N) is 1. The second kappa shape index (κ2) is 10.8. The molecule has 0 saturated heterocycles. The van der Waals surface area contributed by atoms with Crippen LogP contribution in [0.2, 0.25) is 0 Å². The molecule has 1 unspecified atom stereocenters. The zero-order valence-corrected chi connectivity index (χ0v) is 19.0. The Morgan fingerprint density at radius 1 is 1.25 bits per heavy atom. The molecule has 0 aliphatic carbocycles. The lowest BCUT2D eigenvalue weighted by Gasteiger charge is -2.19. The number of sulfonamides is 1. The highest BCUT2D eigenvalue weighted by Gasteiger charge is 2.26. The lowest BCUT2D eigenvalue weighted by atomic mass is 10.0. The van der Waals surface area contributed by atoms with Gasteiger partial charge in [-0.15, -0.1) is 24.0 Å². The number of halogens is 1. The predicted octanol–water partition coefficient (Wildman–Crippen LogP) is 1.55. The van der Waals surface area contributed by atoms with Crippen molar-refractivity contribution < 1.29 is 17.9 Å². The molecule has 2 rings (SSSR count). The van der Waals surface area contributed by atoms with Crippen LogP contribution < -0.4 is 15.8 Å². The number of hydrogen-bond acceptors (Lipinski definition) is 5. The summed E-state index contributed by atoms with van der Waals surface area (Å²) in [5.74, 6) is 1.03. The number of guanidine groups is 1. The van der Waals surface area contributed by atoms with Gasteiger partial charge in [0, 0.05) is 13.1 Å². The quantitative estimate of drug-likeness (QED) is 0.237. The van der Waals surface area contributed by atoms with Crippen molar-refractivity contribution in [3.63, 3.8) is 0 Å². The standard InChI is InChI=1S/C18H26N4O4S.HI/c1-3-20-17(22-13-18(2,23)16-5-4-12-26-16)21-11-10-14-6-8-15(9-7-14)27(19,24)25;/h4-9,12,23H,3,10-11,13H2,1-2H3,(H2,19,24,25)(H2,20,21,22);1H. The molecule has 1 aromatic carbocycles. The zero-order valence-electron chi connectivity index (χ0n) is 15.9. The molecule has 1 aromatic heterocycles. The summed E-state index contributed by atoms with van der Waals surface area (Å²) >= 11 is 0. The van der Waals surface area contributed by atoms with E-state index in [0.29, 0.717) is 31.2 Å². The van der Waals surface area contributed by atoms with Gasteiger partial charge in [0.2, 0.25) is 10.0 Å². The Labute approximate surface area is 182 Å². The van der Waals surface area contributed by atoms with E-state index in [0.717, 1.165) is 5.56 Å². The number of furan rings is 1. The molecule has 0 spiro atoms. The Hall–Kier alpha value is -1.63. The van der Waals surface area contributed by atoms with Gasteiger partial charge in [-0.3, -0.25) is 0 Å². The predicted molar refractivity (Wildman–Crippen MR) is 119 cm³/mol. The van der Waals surface area contributed by atoms with Crippen molar-refractivity contribution in [1.82, 2.24) is 10.6 Å². The molecule has 1 atom stereocenters. The lowest BCUT2D eigenvalue weighted by Crippen LogP contribution is -2.39. The van der Waals surface area contributed by atoms with E-state index in [1.54, 1.807) is 31.2 Å². The van der Waals surface area contributed by atoms with Crippen LogP contribution in [0.5, 0.6) is 0 Å². The fraction of sp³-hybridized carbons (Fsp3) is 0.389. The molecule has 5 N–H and O–H groups in total. The minimum atomic E-state index is -3.68. The summed E-state index contributed by atoms with van der Waals surface area (Å²) in [6.45, 7) is 5.00. The summed E-state index contributed by atoms with van der Waals surface area (Å²) < 4.78 is 27.8. The molecule has 10 heteroatoms. The minimum absolute atomic E-state index is 0. The van der Waals surface area contributed by atoms with Gasteiger partial charge in [0.05, 0.1) is 17.7 Å². The van der Waals surface area contributed by atoms with Gasteiger partial charge in [0.25, 0.3) is 0 Å². The van der Waals surface area contributed by atoms with E-state index in [1.165, 1.54) is 18.4 Å². The first-order chi connectivity index (χ1) is 12.7. The SMILES string of the molecule is CCNC(=NCC(C)(O)c1ccco1)NCCc1ccc(S(N)(=O)=O)cc1.I. The van der Waals surface area contributed by atoms with Crippen LogP contribution >= 0.6 is 24.0 Å². The summed E-state index contributed by atoms with van der Waals surface area (Å²) in [5, 5.41) is 21.9. The van der Waals surface area contributed by atoms with Crippen molar-refractivity contribution in [3.05, 3.63) is 54.0 Å². The van der Waals surface area contributed by atoms with E-state index in [4.69, 9.17) is 9.56 Å². The molecule has 0 fully saturated rings. The number of rotatable bonds is 8. The molecule has 0 radical (unpaired) electrons. The Bertz CT molecular complexity index is 850. The van der Waals surface area contributed by atoms with Crippen molar-refractivity contribution in [1.29, 1.82) is 0 Å². The third-order valence-electron chi connectivity index (χ3n) is 3.90. The van der Waals surface area contributed by atoms with Crippen molar-refractivity contribution in [2.75, 3.05) is 19.6 Å². The van der Waals surface area contributed by atoms with Crippen LogP contribution in [0.3, 0.4) is 0 Å². The van der Waals surface area contributed by atoms with Crippen LogP contribution in [0.4, 0.5) is 0 Å². The number of nitrogens with two attached hydrogens (primary N) is 1. The summed E-state index contributed by atoms with van der Waals surface area (Å²) in [6, 6.07) is 9.87. The molecular weight excluding hydrogens is 495 g/mol. The van der Waals surface area contributed by atoms with E-state index >= 15 is 0 Å². The van der Waals surface area contributed by atoms with Crippen LogP contribution in [0.25, 0.3) is 0 Å². The van der Waals surface area contributed by atoms with E-state index < -0.39 is 15.6 Å². The molecule has 8 nitrogen and oxygen atoms in total. The second-order valence-corrected chi connectivity index (χ2v) is 7.87. The average Bonchev–Trinajstić information content (AvgIpc) is 3.15. The number of hydrogen-bond donors (Lipinski definition) is 4. The first-order valence-corrected chi connectivity index (χ1v) is 10.2. The summed E-state index contributed by atoms with van der Waals surface area (Å²) in [6.07, 6.45) is 2.18. The number of aliphatic hydroxyl groups is 1. The molecule has 2 aromatic rings. The highest BCUT2D eigenvalue weighted by Crippen LogP contribution is 2.21. The normalized spacial score (nSPS) is 14.1. The Morgan fingerprint density at radius 2 is 1.93 bits per heavy atom. The fourth-order valence-electron chi connectivity index (χ4n) is 2.41. The molecule has 0 aliphatic rings. The molecule has 0 aliphatic heterocycles. The first kappa shape index (κ1) is 24.4. The van der Waals surface area contributed by atoms with E-state index in [2.05, 4.69) is 15.6 Å². The van der Waals surface area contributed by atoms with Crippen molar-refractivity contribution in [3.8, 4) is 0 Å². The summed E-state index contributed by atoms with van der Waals surface area (Å²) in [5.41, 5.74) is -0.233. The van der Waals surface area contributed by atoms with Gasteiger partial charge in [-0.2, -0.15) is 0 Å². The summed E-state index contributed by atoms with van der Waals surface area (Å²) in [4.78, 5) is 4.50. The zero-order chi connectivity index (χ0) is 19.9. The van der Waals surface area contributed by atoms with Gasteiger partial charge in [-0.05, 0) is 50.1 Å². The van der Waals surface area contributed by atoms with Gasteiger partial charge < -0.3 is 20.2 Å². The molecule has 28 heavy (non-hydrogen) atoms. The maximum Gasteiger partial charge on any atom is 0.238 e. The Morgan fingerprint density at radius 3 is 2.46 bits per heavy atom. The largest absolute Gasteiger partial charge is 0.466 e.